The number of nitrogens with zero attached hydrogens (tertiary/aromatic N) is 2. The maximum atomic E-state index is 5.60. The van der Waals surface area contributed by atoms with Crippen LogP contribution >= 0.6 is 11.6 Å². The van der Waals surface area contributed by atoms with Crippen LogP contribution in [0.15, 0.2) is 12.1 Å². The van der Waals surface area contributed by atoms with Crippen LogP contribution in [-0.4, -0.2) is 29.4 Å². The zero-order valence-electron chi connectivity index (χ0n) is 7.74. The Hall–Kier alpha value is -0.870. The first-order chi connectivity index (χ1) is 6.84. The highest BCUT2D eigenvalue weighted by Gasteiger charge is 2.14. The minimum atomic E-state index is 0.386. The molecule has 1 aromatic heterocycles. The quantitative estimate of drug-likeness (QED) is 0.821. The van der Waals surface area contributed by atoms with Crippen molar-refractivity contribution in [1.29, 1.82) is 0 Å². The average Bonchev–Trinajstić information content (AvgIpc) is 2.70. The Morgan fingerprint density at radius 2 is 2.43 bits per heavy atom. The maximum absolute atomic E-state index is 5.60. The van der Waals surface area contributed by atoms with Crippen LogP contribution in [0, 0.1) is 0 Å². The van der Waals surface area contributed by atoms with Crippen LogP contribution in [0.3, 0.4) is 0 Å². The van der Waals surface area contributed by atoms with Gasteiger partial charge in [0, 0.05) is 12.1 Å². The molecular weight excluding hydrogens is 202 g/mol. The van der Waals surface area contributed by atoms with Crippen molar-refractivity contribution in [2.45, 2.75) is 18.9 Å². The molecule has 0 saturated carbocycles. The van der Waals surface area contributed by atoms with Gasteiger partial charge < -0.3 is 10.1 Å². The molecule has 0 aliphatic carbocycles. The SMILES string of the molecule is Clc1ccc(OCC2CCCN2)nn1. The third-order valence-corrected chi connectivity index (χ3v) is 2.40. The lowest BCUT2D eigenvalue weighted by Gasteiger charge is -2.10. The lowest BCUT2D eigenvalue weighted by molar-refractivity contribution is 0.265. The van der Waals surface area contributed by atoms with E-state index in [1.807, 2.05) is 0 Å². The van der Waals surface area contributed by atoms with Crippen LogP contribution in [0.1, 0.15) is 12.8 Å². The monoisotopic (exact) mass is 213 g/mol. The van der Waals surface area contributed by atoms with E-state index in [4.69, 9.17) is 16.3 Å². The maximum Gasteiger partial charge on any atom is 0.233 e. The molecule has 0 spiro atoms. The largest absolute Gasteiger partial charge is 0.475 e. The molecule has 1 aliphatic rings. The summed E-state index contributed by atoms with van der Waals surface area (Å²) < 4.78 is 5.45. The molecule has 0 amide bonds. The fourth-order valence-electron chi connectivity index (χ4n) is 1.47. The third-order valence-electron chi connectivity index (χ3n) is 2.20. The van der Waals surface area contributed by atoms with Gasteiger partial charge in [-0.05, 0) is 25.5 Å². The van der Waals surface area contributed by atoms with Gasteiger partial charge in [-0.25, -0.2) is 0 Å². The molecule has 4 nitrogen and oxygen atoms in total. The van der Waals surface area contributed by atoms with Gasteiger partial charge in [-0.3, -0.25) is 0 Å². The predicted molar refractivity (Wildman–Crippen MR) is 53.6 cm³/mol. The van der Waals surface area contributed by atoms with E-state index in [0.717, 1.165) is 6.54 Å². The van der Waals surface area contributed by atoms with Crippen molar-refractivity contribution < 1.29 is 4.74 Å². The van der Waals surface area contributed by atoms with E-state index in [0.29, 0.717) is 23.7 Å². The molecule has 1 atom stereocenters. The molecule has 2 rings (SSSR count). The van der Waals surface area contributed by atoms with Gasteiger partial charge in [0.2, 0.25) is 5.88 Å². The molecule has 76 valence electrons. The molecule has 0 aromatic carbocycles. The third kappa shape index (κ3) is 2.56. The number of ether oxygens (including phenoxy) is 1. The van der Waals surface area contributed by atoms with E-state index in [1.165, 1.54) is 12.8 Å². The molecular formula is C9H12ClN3O. The number of nitrogens with one attached hydrogen (secondary N) is 1. The van der Waals surface area contributed by atoms with Crippen LogP contribution in [0.2, 0.25) is 5.15 Å². The van der Waals surface area contributed by atoms with Gasteiger partial charge in [0.15, 0.2) is 5.15 Å². The molecule has 2 heterocycles. The standard InChI is InChI=1S/C9H12ClN3O/c10-8-3-4-9(13-12-8)14-6-7-2-1-5-11-7/h3-4,7,11H,1-2,5-6H2. The van der Waals surface area contributed by atoms with E-state index < -0.39 is 0 Å². The Kier molecular flexibility index (Phi) is 3.16. The second kappa shape index (κ2) is 4.57. The smallest absolute Gasteiger partial charge is 0.233 e. The number of aromatic nitrogens is 2. The van der Waals surface area contributed by atoms with Crippen LogP contribution in [0.25, 0.3) is 0 Å². The van der Waals surface area contributed by atoms with Gasteiger partial charge in [0.25, 0.3) is 0 Å². The zero-order chi connectivity index (χ0) is 9.80. The van der Waals surface area contributed by atoms with E-state index in [1.54, 1.807) is 12.1 Å². The Labute approximate surface area is 87.6 Å². The van der Waals surface area contributed by atoms with Gasteiger partial charge in [0.05, 0.1) is 0 Å². The topological polar surface area (TPSA) is 47.0 Å². The second-order valence-corrected chi connectivity index (χ2v) is 3.69. The molecule has 1 saturated heterocycles. The molecule has 14 heavy (non-hydrogen) atoms. The first kappa shape index (κ1) is 9.68. The molecule has 1 aliphatic heterocycles. The summed E-state index contributed by atoms with van der Waals surface area (Å²) in [5, 5.41) is 11.2. The van der Waals surface area contributed by atoms with Gasteiger partial charge in [-0.15, -0.1) is 10.2 Å². The summed E-state index contributed by atoms with van der Waals surface area (Å²) in [6.07, 6.45) is 2.39. The van der Waals surface area contributed by atoms with Crippen molar-refractivity contribution in [2.24, 2.45) is 0 Å². The summed E-state index contributed by atoms with van der Waals surface area (Å²) >= 11 is 5.60. The number of halogens is 1. The summed E-state index contributed by atoms with van der Waals surface area (Å²) in [6.45, 7) is 1.73. The molecule has 5 heteroatoms. The van der Waals surface area contributed by atoms with Gasteiger partial charge in [-0.1, -0.05) is 11.6 Å². The molecule has 0 bridgehead atoms. The number of hydrogen-bond acceptors (Lipinski definition) is 4. The Balaban J connectivity index is 1.82. The van der Waals surface area contributed by atoms with Gasteiger partial charge in [0.1, 0.15) is 6.61 Å². The Bertz CT molecular complexity index is 285. The van der Waals surface area contributed by atoms with Crippen molar-refractivity contribution in [3.63, 3.8) is 0 Å². The molecule has 1 unspecified atom stereocenters. The normalized spacial score (nSPS) is 21.1. The highest BCUT2D eigenvalue weighted by molar-refractivity contribution is 6.29. The highest BCUT2D eigenvalue weighted by Crippen LogP contribution is 2.10. The van der Waals surface area contributed by atoms with Crippen LogP contribution < -0.4 is 10.1 Å². The minimum Gasteiger partial charge on any atom is -0.475 e. The predicted octanol–water partition coefficient (Wildman–Crippen LogP) is 1.26. The molecule has 0 radical (unpaired) electrons. The number of rotatable bonds is 3. The Morgan fingerprint density at radius 3 is 3.07 bits per heavy atom. The van der Waals surface area contributed by atoms with E-state index >= 15 is 0 Å². The van der Waals surface area contributed by atoms with Crippen molar-refractivity contribution >= 4 is 11.6 Å². The van der Waals surface area contributed by atoms with Crippen LogP contribution in [0.4, 0.5) is 0 Å². The summed E-state index contributed by atoms with van der Waals surface area (Å²) in [6, 6.07) is 3.85. The van der Waals surface area contributed by atoms with E-state index in [-0.39, 0.29) is 0 Å². The first-order valence-electron chi connectivity index (χ1n) is 4.70. The zero-order valence-corrected chi connectivity index (χ0v) is 8.50. The molecule has 1 fully saturated rings. The van der Waals surface area contributed by atoms with Crippen LogP contribution in [0.5, 0.6) is 5.88 Å². The van der Waals surface area contributed by atoms with Gasteiger partial charge >= 0.3 is 0 Å². The Morgan fingerprint density at radius 1 is 1.50 bits per heavy atom. The van der Waals surface area contributed by atoms with Crippen molar-refractivity contribution in [1.82, 2.24) is 15.5 Å². The van der Waals surface area contributed by atoms with E-state index in [2.05, 4.69) is 15.5 Å². The fraction of sp³-hybridized carbons (Fsp3) is 0.556. The van der Waals surface area contributed by atoms with Crippen LogP contribution in [-0.2, 0) is 0 Å². The summed E-state index contributed by atoms with van der Waals surface area (Å²) in [4.78, 5) is 0. The summed E-state index contributed by atoms with van der Waals surface area (Å²) in [7, 11) is 0. The lowest BCUT2D eigenvalue weighted by atomic mass is 10.2. The lowest BCUT2D eigenvalue weighted by Crippen LogP contribution is -2.28. The molecule has 1 N–H and O–H groups in total. The second-order valence-electron chi connectivity index (χ2n) is 3.30. The first-order valence-corrected chi connectivity index (χ1v) is 5.08. The molecule has 1 aromatic rings. The van der Waals surface area contributed by atoms with Gasteiger partial charge in [-0.2, -0.15) is 0 Å². The van der Waals surface area contributed by atoms with Crippen molar-refractivity contribution in [3.05, 3.63) is 17.3 Å². The minimum absolute atomic E-state index is 0.386. The average molecular weight is 214 g/mol. The number of hydrogen-bond donors (Lipinski definition) is 1. The van der Waals surface area contributed by atoms with Crippen molar-refractivity contribution in [3.8, 4) is 5.88 Å². The van der Waals surface area contributed by atoms with Crippen molar-refractivity contribution in [2.75, 3.05) is 13.2 Å². The fourth-order valence-corrected chi connectivity index (χ4v) is 1.57. The van der Waals surface area contributed by atoms with E-state index in [9.17, 15) is 0 Å². The summed E-state index contributed by atoms with van der Waals surface area (Å²) in [5.41, 5.74) is 0. The highest BCUT2D eigenvalue weighted by atomic mass is 35.5. The summed E-state index contributed by atoms with van der Waals surface area (Å²) in [5.74, 6) is 0.531.